The average molecular weight is 246 g/mol. The van der Waals surface area contributed by atoms with Gasteiger partial charge in [0.25, 0.3) is 0 Å². The van der Waals surface area contributed by atoms with Crippen molar-refractivity contribution in [3.05, 3.63) is 11.1 Å². The zero-order valence-corrected chi connectivity index (χ0v) is 10.8. The lowest BCUT2D eigenvalue weighted by Gasteiger charge is -2.07. The summed E-state index contributed by atoms with van der Waals surface area (Å²) in [4.78, 5) is 11.4. The lowest BCUT2D eigenvalue weighted by molar-refractivity contribution is -0.140. The number of rotatable bonds is 9. The first-order valence-electron chi connectivity index (χ1n) is 5.67. The highest BCUT2D eigenvalue weighted by Crippen LogP contribution is 2.03. The molecule has 100 valence electrons. The number of allylic oxidation sites excluding steroid dienone is 1. The number of aliphatic hydroxyl groups excluding tert-OH is 1. The number of carbonyl (C=O) groups excluding carboxylic acids is 1. The van der Waals surface area contributed by atoms with Crippen LogP contribution in [-0.2, 0) is 19.0 Å². The van der Waals surface area contributed by atoms with Crippen molar-refractivity contribution >= 4 is 5.97 Å². The fourth-order valence-electron chi connectivity index (χ4n) is 0.892. The molecule has 0 fully saturated rings. The van der Waals surface area contributed by atoms with Crippen molar-refractivity contribution in [3.63, 3.8) is 0 Å². The molecule has 17 heavy (non-hydrogen) atoms. The first-order chi connectivity index (χ1) is 8.09. The Kier molecular flexibility index (Phi) is 9.71. The van der Waals surface area contributed by atoms with Crippen LogP contribution < -0.4 is 0 Å². The second-order valence-electron chi connectivity index (χ2n) is 3.71. The van der Waals surface area contributed by atoms with Gasteiger partial charge in [-0.2, -0.15) is 0 Å². The molecule has 0 spiro atoms. The van der Waals surface area contributed by atoms with Crippen molar-refractivity contribution in [3.8, 4) is 0 Å². The van der Waals surface area contributed by atoms with E-state index in [0.29, 0.717) is 32.0 Å². The highest BCUT2D eigenvalue weighted by molar-refractivity contribution is 5.88. The van der Waals surface area contributed by atoms with Crippen LogP contribution in [0.15, 0.2) is 11.1 Å². The minimum absolute atomic E-state index is 0.0135. The molecule has 0 amide bonds. The van der Waals surface area contributed by atoms with Crippen LogP contribution in [0.1, 0.15) is 20.8 Å². The van der Waals surface area contributed by atoms with E-state index in [2.05, 4.69) is 0 Å². The number of hydrogen-bond donors (Lipinski definition) is 1. The normalized spacial score (nSPS) is 10.1. The molecule has 0 aromatic rings. The molecule has 1 N–H and O–H groups in total. The molecule has 0 heterocycles. The Morgan fingerprint density at radius 3 is 2.00 bits per heavy atom. The predicted molar refractivity (Wildman–Crippen MR) is 63.7 cm³/mol. The smallest absolute Gasteiger partial charge is 0.333 e. The summed E-state index contributed by atoms with van der Waals surface area (Å²) in [5.74, 6) is -0.301. The van der Waals surface area contributed by atoms with Crippen molar-refractivity contribution in [2.75, 3.05) is 39.6 Å². The molecule has 0 saturated heterocycles. The molecule has 0 bridgehead atoms. The van der Waals surface area contributed by atoms with E-state index in [0.717, 1.165) is 5.57 Å². The third-order valence-corrected chi connectivity index (χ3v) is 2.12. The molecule has 0 aliphatic heterocycles. The summed E-state index contributed by atoms with van der Waals surface area (Å²) in [5.41, 5.74) is 1.59. The van der Waals surface area contributed by atoms with Crippen molar-refractivity contribution in [1.82, 2.24) is 0 Å². The van der Waals surface area contributed by atoms with Crippen LogP contribution in [0.4, 0.5) is 0 Å². The minimum atomic E-state index is -0.301. The third-order valence-electron chi connectivity index (χ3n) is 2.12. The highest BCUT2D eigenvalue weighted by Gasteiger charge is 2.06. The topological polar surface area (TPSA) is 65.0 Å². The van der Waals surface area contributed by atoms with E-state index in [1.54, 1.807) is 6.92 Å². The van der Waals surface area contributed by atoms with E-state index >= 15 is 0 Å². The van der Waals surface area contributed by atoms with Gasteiger partial charge in [-0.1, -0.05) is 5.57 Å². The van der Waals surface area contributed by atoms with Gasteiger partial charge in [-0.3, -0.25) is 0 Å². The summed E-state index contributed by atoms with van der Waals surface area (Å²) in [7, 11) is 0. The standard InChI is InChI=1S/C12H22O5/c1-10(2)11(3)12(14)17-9-8-16-7-6-15-5-4-13/h13H,4-9H2,1-3H3. The number of esters is 1. The molecule has 0 aliphatic carbocycles. The van der Waals surface area contributed by atoms with Gasteiger partial charge in [-0.25, -0.2) is 4.79 Å². The van der Waals surface area contributed by atoms with E-state index < -0.39 is 0 Å². The van der Waals surface area contributed by atoms with Gasteiger partial charge in [0.15, 0.2) is 0 Å². The quantitative estimate of drug-likeness (QED) is 0.372. The van der Waals surface area contributed by atoms with Gasteiger partial charge in [-0.15, -0.1) is 0 Å². The SMILES string of the molecule is CC(C)=C(C)C(=O)OCCOCCOCCO. The zero-order chi connectivity index (χ0) is 13.1. The zero-order valence-electron chi connectivity index (χ0n) is 10.8. The molecule has 0 unspecified atom stereocenters. The van der Waals surface area contributed by atoms with E-state index in [1.807, 2.05) is 13.8 Å². The molecule has 0 rings (SSSR count). The van der Waals surface area contributed by atoms with Crippen LogP contribution in [0.3, 0.4) is 0 Å². The molecule has 0 radical (unpaired) electrons. The highest BCUT2D eigenvalue weighted by atomic mass is 16.6. The summed E-state index contributed by atoms with van der Waals surface area (Å²) in [6, 6.07) is 0. The van der Waals surface area contributed by atoms with Gasteiger partial charge in [0.2, 0.25) is 0 Å². The fraction of sp³-hybridized carbons (Fsp3) is 0.750. The van der Waals surface area contributed by atoms with E-state index in [-0.39, 0.29) is 19.2 Å². The van der Waals surface area contributed by atoms with Gasteiger partial charge in [-0.05, 0) is 20.8 Å². The number of aliphatic hydroxyl groups is 1. The monoisotopic (exact) mass is 246 g/mol. The van der Waals surface area contributed by atoms with Crippen molar-refractivity contribution in [2.24, 2.45) is 0 Å². The fourth-order valence-corrected chi connectivity index (χ4v) is 0.892. The molecule has 0 saturated carbocycles. The number of ether oxygens (including phenoxy) is 3. The summed E-state index contributed by atoms with van der Waals surface area (Å²) in [5, 5.41) is 8.44. The Balaban J connectivity index is 3.40. The summed E-state index contributed by atoms with van der Waals surface area (Å²) < 4.78 is 15.2. The average Bonchev–Trinajstić information content (AvgIpc) is 2.31. The molecule has 0 aliphatic rings. The van der Waals surface area contributed by atoms with E-state index in [1.165, 1.54) is 0 Å². The molecule has 0 aromatic carbocycles. The first-order valence-corrected chi connectivity index (χ1v) is 5.67. The molecular formula is C12H22O5. The lowest BCUT2D eigenvalue weighted by atomic mass is 10.2. The predicted octanol–water partition coefficient (Wildman–Crippen LogP) is 0.911. The van der Waals surface area contributed by atoms with Gasteiger partial charge in [0.1, 0.15) is 6.61 Å². The molecule has 0 aromatic heterocycles. The van der Waals surface area contributed by atoms with E-state index in [9.17, 15) is 4.79 Å². The Morgan fingerprint density at radius 1 is 0.941 bits per heavy atom. The number of carbonyl (C=O) groups is 1. The third kappa shape index (κ3) is 8.85. The summed E-state index contributed by atoms with van der Waals surface area (Å²) >= 11 is 0. The lowest BCUT2D eigenvalue weighted by Crippen LogP contribution is -2.14. The molecule has 5 heteroatoms. The largest absolute Gasteiger partial charge is 0.460 e. The Bertz CT molecular complexity index is 243. The van der Waals surface area contributed by atoms with Crippen LogP contribution >= 0.6 is 0 Å². The molecular weight excluding hydrogens is 224 g/mol. The minimum Gasteiger partial charge on any atom is -0.460 e. The maximum Gasteiger partial charge on any atom is 0.333 e. The molecule has 0 atom stereocenters. The van der Waals surface area contributed by atoms with Gasteiger partial charge < -0.3 is 19.3 Å². The summed E-state index contributed by atoms with van der Waals surface area (Å²) in [6.45, 7) is 7.25. The van der Waals surface area contributed by atoms with Crippen LogP contribution in [0.2, 0.25) is 0 Å². The van der Waals surface area contributed by atoms with Gasteiger partial charge in [0.05, 0.1) is 33.0 Å². The van der Waals surface area contributed by atoms with Crippen LogP contribution in [0, 0.1) is 0 Å². The first kappa shape index (κ1) is 16.1. The second kappa shape index (κ2) is 10.3. The Morgan fingerprint density at radius 2 is 1.47 bits per heavy atom. The summed E-state index contributed by atoms with van der Waals surface area (Å²) in [6.07, 6.45) is 0. The maximum atomic E-state index is 11.4. The van der Waals surface area contributed by atoms with E-state index in [4.69, 9.17) is 19.3 Å². The van der Waals surface area contributed by atoms with Crippen LogP contribution in [0.25, 0.3) is 0 Å². The maximum absolute atomic E-state index is 11.4. The van der Waals surface area contributed by atoms with Gasteiger partial charge >= 0.3 is 5.97 Å². The second-order valence-corrected chi connectivity index (χ2v) is 3.71. The van der Waals surface area contributed by atoms with Crippen molar-refractivity contribution in [2.45, 2.75) is 20.8 Å². The number of hydrogen-bond acceptors (Lipinski definition) is 5. The van der Waals surface area contributed by atoms with Crippen LogP contribution in [0.5, 0.6) is 0 Å². The van der Waals surface area contributed by atoms with Crippen molar-refractivity contribution in [1.29, 1.82) is 0 Å². The Labute approximate surface area is 102 Å². The molecule has 5 nitrogen and oxygen atoms in total. The van der Waals surface area contributed by atoms with Crippen LogP contribution in [-0.4, -0.2) is 50.7 Å². The van der Waals surface area contributed by atoms with Crippen molar-refractivity contribution < 1.29 is 24.1 Å². The van der Waals surface area contributed by atoms with Gasteiger partial charge in [0, 0.05) is 5.57 Å². The Hall–Kier alpha value is -0.910.